The van der Waals surface area contributed by atoms with Crippen LogP contribution in [-0.4, -0.2) is 46.9 Å². The highest BCUT2D eigenvalue weighted by Crippen LogP contribution is 2.21. The van der Waals surface area contributed by atoms with Crippen molar-refractivity contribution in [3.05, 3.63) is 24.3 Å². The molecule has 108 valence electrons. The van der Waals surface area contributed by atoms with Crippen molar-refractivity contribution in [2.75, 3.05) is 32.7 Å². The summed E-state index contributed by atoms with van der Waals surface area (Å²) in [6, 6.07) is 6.47. The van der Waals surface area contributed by atoms with E-state index in [0.717, 1.165) is 0 Å². The van der Waals surface area contributed by atoms with Gasteiger partial charge in [0, 0.05) is 13.7 Å². The van der Waals surface area contributed by atoms with E-state index in [1.54, 1.807) is 25.3 Å². The quantitative estimate of drug-likeness (QED) is 0.644. The van der Waals surface area contributed by atoms with Crippen LogP contribution in [0.5, 0.6) is 0 Å². The van der Waals surface area contributed by atoms with Gasteiger partial charge in [0.2, 0.25) is 10.0 Å². The highest BCUT2D eigenvalue weighted by molar-refractivity contribution is 7.89. The van der Waals surface area contributed by atoms with Gasteiger partial charge in [0.1, 0.15) is 4.90 Å². The Balaban J connectivity index is 3.00. The topological polar surface area (TPSA) is 87.7 Å². The zero-order valence-corrected chi connectivity index (χ0v) is 11.9. The third-order valence-corrected chi connectivity index (χ3v) is 4.12. The summed E-state index contributed by atoms with van der Waals surface area (Å²) < 4.78 is 31.1. The average molecular weight is 288 g/mol. The number of hydrogen-bond acceptors (Lipinski definition) is 5. The van der Waals surface area contributed by atoms with Crippen molar-refractivity contribution in [3.63, 3.8) is 0 Å². The van der Waals surface area contributed by atoms with E-state index in [1.165, 1.54) is 13.1 Å². The van der Waals surface area contributed by atoms with Gasteiger partial charge in [0.25, 0.3) is 0 Å². The van der Waals surface area contributed by atoms with Gasteiger partial charge in [-0.1, -0.05) is 12.1 Å². The van der Waals surface area contributed by atoms with Crippen molar-refractivity contribution in [2.45, 2.75) is 17.4 Å². The fraction of sp³-hybridized carbons (Fsp3) is 0.500. The second-order valence-electron chi connectivity index (χ2n) is 4.01. The van der Waals surface area contributed by atoms with Crippen LogP contribution in [0, 0.1) is 0 Å². The number of rotatable bonds is 8. The summed E-state index contributed by atoms with van der Waals surface area (Å²) in [7, 11) is -0.595. The molecular formula is C12H20N2O4S. The number of benzene rings is 1. The van der Waals surface area contributed by atoms with Crippen LogP contribution in [0.4, 0.5) is 5.69 Å². The normalized spacial score (nSPS) is 13.2. The van der Waals surface area contributed by atoms with E-state index < -0.39 is 10.0 Å². The van der Waals surface area contributed by atoms with E-state index in [4.69, 9.17) is 9.84 Å². The molecule has 0 aliphatic rings. The lowest BCUT2D eigenvalue weighted by Gasteiger charge is -2.20. The molecule has 19 heavy (non-hydrogen) atoms. The molecule has 0 saturated heterocycles. The van der Waals surface area contributed by atoms with Gasteiger partial charge in [-0.25, -0.2) is 13.1 Å². The van der Waals surface area contributed by atoms with E-state index in [9.17, 15) is 8.42 Å². The molecule has 1 unspecified atom stereocenters. The Hall–Kier alpha value is -1.15. The number of aliphatic hydroxyl groups excluding tert-OH is 1. The number of para-hydroxylation sites is 1. The van der Waals surface area contributed by atoms with Crippen molar-refractivity contribution >= 4 is 15.7 Å². The Morgan fingerprint density at radius 2 is 2.05 bits per heavy atom. The molecule has 0 saturated carbocycles. The van der Waals surface area contributed by atoms with Gasteiger partial charge in [-0.3, -0.25) is 0 Å². The van der Waals surface area contributed by atoms with Gasteiger partial charge >= 0.3 is 0 Å². The number of aliphatic hydroxyl groups is 1. The zero-order valence-electron chi connectivity index (χ0n) is 11.1. The van der Waals surface area contributed by atoms with Crippen molar-refractivity contribution in [2.24, 2.45) is 0 Å². The minimum absolute atomic E-state index is 0.00196. The molecule has 3 N–H and O–H groups in total. The molecule has 0 aromatic heterocycles. The Bertz CT molecular complexity index is 484. The van der Waals surface area contributed by atoms with Crippen LogP contribution in [0.1, 0.15) is 6.42 Å². The Morgan fingerprint density at radius 3 is 2.63 bits per heavy atom. The zero-order chi connectivity index (χ0) is 14.3. The summed E-state index contributed by atoms with van der Waals surface area (Å²) in [5, 5.41) is 12.1. The van der Waals surface area contributed by atoms with Gasteiger partial charge in [-0.2, -0.15) is 0 Å². The first-order chi connectivity index (χ1) is 9.05. The SMILES string of the molecule is CNS(=O)(=O)c1ccccc1NC(CCO)COC. The number of methoxy groups -OCH3 is 1. The van der Waals surface area contributed by atoms with E-state index in [2.05, 4.69) is 10.0 Å². The number of ether oxygens (including phenoxy) is 1. The fourth-order valence-electron chi connectivity index (χ4n) is 1.70. The van der Waals surface area contributed by atoms with E-state index in [-0.39, 0.29) is 17.5 Å². The van der Waals surface area contributed by atoms with Crippen LogP contribution in [-0.2, 0) is 14.8 Å². The number of hydrogen-bond donors (Lipinski definition) is 3. The summed E-state index contributed by atoms with van der Waals surface area (Å²) in [5.41, 5.74) is 0.493. The van der Waals surface area contributed by atoms with Gasteiger partial charge in [-0.15, -0.1) is 0 Å². The molecular weight excluding hydrogens is 268 g/mol. The lowest BCUT2D eigenvalue weighted by Crippen LogP contribution is -2.28. The third-order valence-electron chi connectivity index (χ3n) is 2.65. The van der Waals surface area contributed by atoms with Crippen LogP contribution < -0.4 is 10.0 Å². The summed E-state index contributed by atoms with van der Waals surface area (Å²) in [6.45, 7) is 0.385. The van der Waals surface area contributed by atoms with Crippen molar-refractivity contribution < 1.29 is 18.3 Å². The maximum atomic E-state index is 11.9. The van der Waals surface area contributed by atoms with E-state index in [0.29, 0.717) is 18.7 Å². The van der Waals surface area contributed by atoms with Crippen molar-refractivity contribution in [1.82, 2.24) is 4.72 Å². The predicted octanol–water partition coefficient (Wildman–Crippen LogP) is 0.404. The lowest BCUT2D eigenvalue weighted by molar-refractivity contribution is 0.170. The summed E-state index contributed by atoms with van der Waals surface area (Å²) in [5.74, 6) is 0. The molecule has 0 spiro atoms. The molecule has 0 fully saturated rings. The van der Waals surface area contributed by atoms with Crippen LogP contribution >= 0.6 is 0 Å². The lowest BCUT2D eigenvalue weighted by atomic mass is 10.2. The first-order valence-electron chi connectivity index (χ1n) is 5.94. The van der Waals surface area contributed by atoms with Crippen LogP contribution in [0.25, 0.3) is 0 Å². The van der Waals surface area contributed by atoms with Crippen LogP contribution in [0.2, 0.25) is 0 Å². The van der Waals surface area contributed by atoms with E-state index in [1.807, 2.05) is 0 Å². The largest absolute Gasteiger partial charge is 0.396 e. The van der Waals surface area contributed by atoms with Crippen LogP contribution in [0.15, 0.2) is 29.2 Å². The minimum atomic E-state index is -3.52. The van der Waals surface area contributed by atoms with Gasteiger partial charge in [0.05, 0.1) is 18.3 Å². The Labute approximate surface area is 113 Å². The first-order valence-corrected chi connectivity index (χ1v) is 7.42. The first kappa shape index (κ1) is 15.9. The van der Waals surface area contributed by atoms with Crippen molar-refractivity contribution in [3.8, 4) is 0 Å². The second-order valence-corrected chi connectivity index (χ2v) is 5.87. The minimum Gasteiger partial charge on any atom is -0.396 e. The van der Waals surface area contributed by atoms with Crippen LogP contribution in [0.3, 0.4) is 0 Å². The molecule has 1 aromatic rings. The molecule has 0 amide bonds. The van der Waals surface area contributed by atoms with Gasteiger partial charge in [-0.05, 0) is 25.6 Å². The number of sulfonamides is 1. The third kappa shape index (κ3) is 4.46. The summed E-state index contributed by atoms with van der Waals surface area (Å²) >= 11 is 0. The highest BCUT2D eigenvalue weighted by Gasteiger charge is 2.18. The van der Waals surface area contributed by atoms with Gasteiger partial charge in [0.15, 0.2) is 0 Å². The molecule has 0 aliphatic carbocycles. The maximum Gasteiger partial charge on any atom is 0.242 e. The molecule has 0 heterocycles. The molecule has 0 radical (unpaired) electrons. The predicted molar refractivity (Wildman–Crippen MR) is 73.7 cm³/mol. The number of anilines is 1. The highest BCUT2D eigenvalue weighted by atomic mass is 32.2. The molecule has 0 bridgehead atoms. The molecule has 1 rings (SSSR count). The summed E-state index contributed by atoms with van der Waals surface area (Å²) in [4.78, 5) is 0.177. The standard InChI is InChI=1S/C12H20N2O4S/c1-13-19(16,17)12-6-4-3-5-11(12)14-10(7-8-15)9-18-2/h3-6,10,13-15H,7-9H2,1-2H3. The summed E-state index contributed by atoms with van der Waals surface area (Å²) in [6.07, 6.45) is 0.474. The molecule has 0 aliphatic heterocycles. The Morgan fingerprint density at radius 1 is 1.37 bits per heavy atom. The molecule has 6 nitrogen and oxygen atoms in total. The smallest absolute Gasteiger partial charge is 0.242 e. The fourth-order valence-corrected chi connectivity index (χ4v) is 2.60. The van der Waals surface area contributed by atoms with Gasteiger partial charge < -0.3 is 15.2 Å². The van der Waals surface area contributed by atoms with E-state index >= 15 is 0 Å². The molecule has 1 aromatic carbocycles. The maximum absolute atomic E-state index is 11.9. The second kappa shape index (κ2) is 7.44. The molecule has 7 heteroatoms. The monoisotopic (exact) mass is 288 g/mol. The number of nitrogens with one attached hydrogen (secondary N) is 2. The molecule has 1 atom stereocenters. The average Bonchev–Trinajstić information content (AvgIpc) is 2.40. The Kier molecular flexibility index (Phi) is 6.23. The van der Waals surface area contributed by atoms with Crippen molar-refractivity contribution in [1.29, 1.82) is 0 Å².